The van der Waals surface area contributed by atoms with Crippen LogP contribution >= 0.6 is 0 Å². The molecule has 41 heavy (non-hydrogen) atoms. The molecule has 14 heteroatoms. The number of amides is 3. The number of aliphatic carboxylic acids is 1. The Morgan fingerprint density at radius 3 is 2.17 bits per heavy atom. The minimum absolute atomic E-state index is 0.00299. The van der Waals surface area contributed by atoms with Crippen LogP contribution in [0.5, 0.6) is 0 Å². The number of carbonyl (C=O) groups excluding carboxylic acids is 3. The predicted octanol–water partition coefficient (Wildman–Crippen LogP) is -0.943. The zero-order valence-electron chi connectivity index (χ0n) is 23.6. The molecule has 0 saturated heterocycles. The first kappa shape index (κ1) is 33.0. The van der Waals surface area contributed by atoms with Gasteiger partial charge in [0.25, 0.3) is 0 Å². The van der Waals surface area contributed by atoms with E-state index in [9.17, 15) is 29.4 Å². The van der Waals surface area contributed by atoms with E-state index in [1.54, 1.807) is 6.20 Å². The van der Waals surface area contributed by atoms with Crippen LogP contribution in [0, 0.1) is 5.92 Å². The number of nitrogens with zero attached hydrogens (tertiary/aromatic N) is 1. The number of aromatic amines is 1. The molecule has 2 rings (SSSR count). The van der Waals surface area contributed by atoms with Gasteiger partial charge in [0, 0.05) is 30.1 Å². The minimum Gasteiger partial charge on any atom is -0.480 e. The third kappa shape index (κ3) is 10.4. The maximum Gasteiger partial charge on any atom is 0.326 e. The molecular weight excluding hydrogens is 532 g/mol. The zero-order chi connectivity index (χ0) is 30.7. The molecule has 0 aliphatic carbocycles. The monoisotopic (exact) mass is 574 g/mol. The van der Waals surface area contributed by atoms with Crippen LogP contribution in [-0.2, 0) is 25.6 Å². The lowest BCUT2D eigenvalue weighted by Gasteiger charge is -2.26. The molecule has 226 valence electrons. The Morgan fingerprint density at radius 1 is 0.951 bits per heavy atom. The highest BCUT2D eigenvalue weighted by atomic mass is 16.4. The second kappa shape index (κ2) is 15.6. The number of nitrogens with one attached hydrogen (secondary N) is 4. The standard InChI is InChI=1S/C27H42N8O6/c1-14(2)11-20(34-25(39)22(28)15(3)36)24(38)33-19(9-6-10-31-27(29)30)23(37)35-21(26(40)41)12-16-13-32-18-8-5-4-7-17(16)18/h4-5,7-8,13-15,19-22,32,36H,6,9-12,28H2,1-3H3,(H,33,38)(H,34,39)(H,35,37)(H,40,41)(H4,29,30,31). The van der Waals surface area contributed by atoms with Crippen LogP contribution < -0.4 is 33.2 Å². The van der Waals surface area contributed by atoms with Crippen LogP contribution in [0.2, 0.25) is 0 Å². The van der Waals surface area contributed by atoms with Crippen molar-refractivity contribution in [3.8, 4) is 0 Å². The van der Waals surface area contributed by atoms with E-state index in [0.717, 1.165) is 10.9 Å². The number of fused-ring (bicyclic) bond motifs is 1. The summed E-state index contributed by atoms with van der Waals surface area (Å²) in [5.41, 5.74) is 18.0. The lowest BCUT2D eigenvalue weighted by atomic mass is 10.0. The number of rotatable bonds is 16. The highest BCUT2D eigenvalue weighted by molar-refractivity contribution is 5.94. The third-order valence-electron chi connectivity index (χ3n) is 6.45. The molecule has 14 nitrogen and oxygen atoms in total. The number of hydrogen-bond acceptors (Lipinski definition) is 7. The number of aromatic nitrogens is 1. The maximum atomic E-state index is 13.4. The van der Waals surface area contributed by atoms with E-state index in [2.05, 4.69) is 25.9 Å². The van der Waals surface area contributed by atoms with Gasteiger partial charge in [-0.3, -0.25) is 19.4 Å². The minimum atomic E-state index is -1.28. The molecule has 0 radical (unpaired) electrons. The highest BCUT2D eigenvalue weighted by Gasteiger charge is 2.31. The van der Waals surface area contributed by atoms with Crippen LogP contribution in [-0.4, -0.2) is 81.7 Å². The molecule has 5 unspecified atom stereocenters. The Morgan fingerprint density at radius 2 is 1.56 bits per heavy atom. The topological polar surface area (TPSA) is 251 Å². The summed E-state index contributed by atoms with van der Waals surface area (Å²) in [4.78, 5) is 58.2. The van der Waals surface area contributed by atoms with E-state index in [-0.39, 0.29) is 37.7 Å². The van der Waals surface area contributed by atoms with E-state index >= 15 is 0 Å². The summed E-state index contributed by atoms with van der Waals surface area (Å²) in [6.45, 7) is 5.23. The van der Waals surface area contributed by atoms with Crippen molar-refractivity contribution in [3.05, 3.63) is 36.0 Å². The molecule has 3 amide bonds. The first-order valence-corrected chi connectivity index (χ1v) is 13.5. The van der Waals surface area contributed by atoms with Crippen molar-refractivity contribution in [1.82, 2.24) is 20.9 Å². The number of carboxylic acid groups (broad SMARTS) is 1. The summed E-state index contributed by atoms with van der Waals surface area (Å²) in [5.74, 6) is -3.49. The van der Waals surface area contributed by atoms with Gasteiger partial charge in [-0.05, 0) is 43.7 Å². The molecule has 0 bridgehead atoms. The highest BCUT2D eigenvalue weighted by Crippen LogP contribution is 2.19. The molecule has 1 heterocycles. The average molecular weight is 575 g/mol. The van der Waals surface area contributed by atoms with Crippen molar-refractivity contribution in [2.24, 2.45) is 28.1 Å². The van der Waals surface area contributed by atoms with Crippen molar-refractivity contribution < 1.29 is 29.4 Å². The molecule has 0 saturated carbocycles. The predicted molar refractivity (Wildman–Crippen MR) is 154 cm³/mol. The molecule has 0 spiro atoms. The summed E-state index contributed by atoms with van der Waals surface area (Å²) in [7, 11) is 0. The molecule has 1 aromatic heterocycles. The van der Waals surface area contributed by atoms with E-state index in [1.165, 1.54) is 6.92 Å². The van der Waals surface area contributed by atoms with Gasteiger partial charge in [0.15, 0.2) is 5.96 Å². The van der Waals surface area contributed by atoms with Crippen molar-refractivity contribution in [3.63, 3.8) is 0 Å². The summed E-state index contributed by atoms with van der Waals surface area (Å²) < 4.78 is 0. The fourth-order valence-corrected chi connectivity index (χ4v) is 4.23. The van der Waals surface area contributed by atoms with E-state index < -0.39 is 54.0 Å². The van der Waals surface area contributed by atoms with Crippen molar-refractivity contribution in [2.75, 3.05) is 6.54 Å². The van der Waals surface area contributed by atoms with Gasteiger partial charge >= 0.3 is 5.97 Å². The van der Waals surface area contributed by atoms with Crippen LogP contribution in [0.25, 0.3) is 10.9 Å². The Balaban J connectivity index is 2.23. The largest absolute Gasteiger partial charge is 0.480 e. The van der Waals surface area contributed by atoms with Gasteiger partial charge in [-0.2, -0.15) is 0 Å². The number of guanidine groups is 1. The lowest BCUT2D eigenvalue weighted by molar-refractivity contribution is -0.142. The number of benzene rings is 1. The normalized spacial score (nSPS) is 14.9. The second-order valence-electron chi connectivity index (χ2n) is 10.4. The first-order chi connectivity index (χ1) is 19.3. The Labute approximate surface area is 238 Å². The Hall–Kier alpha value is -4.17. The second-order valence-corrected chi connectivity index (χ2v) is 10.4. The summed E-state index contributed by atoms with van der Waals surface area (Å²) in [6, 6.07) is 2.64. The number of carbonyl (C=O) groups is 4. The SMILES string of the molecule is CC(C)CC(NC(=O)C(N)C(C)O)C(=O)NC(CCCN=C(N)N)C(=O)NC(Cc1c[nH]c2ccccc12)C(=O)O. The molecule has 2 aromatic rings. The van der Waals surface area contributed by atoms with Crippen molar-refractivity contribution >= 4 is 40.6 Å². The fourth-order valence-electron chi connectivity index (χ4n) is 4.23. The summed E-state index contributed by atoms with van der Waals surface area (Å²) in [6.07, 6.45) is 1.16. The molecule has 0 aliphatic rings. The number of aliphatic hydroxyl groups excluding tert-OH is 1. The average Bonchev–Trinajstić information content (AvgIpc) is 3.31. The molecule has 0 aliphatic heterocycles. The maximum absolute atomic E-state index is 13.4. The fraction of sp³-hybridized carbons (Fsp3) is 0.519. The van der Waals surface area contributed by atoms with E-state index in [0.29, 0.717) is 12.0 Å². The molecular formula is C27H42N8O6. The first-order valence-electron chi connectivity index (χ1n) is 13.5. The third-order valence-corrected chi connectivity index (χ3v) is 6.45. The number of carboxylic acids is 1. The van der Waals surface area contributed by atoms with Gasteiger partial charge in [0.1, 0.15) is 24.2 Å². The van der Waals surface area contributed by atoms with E-state index in [4.69, 9.17) is 17.2 Å². The molecule has 5 atom stereocenters. The Kier molecular flexibility index (Phi) is 12.5. The molecule has 0 fully saturated rings. The number of aliphatic hydroxyl groups is 1. The number of H-pyrrole nitrogens is 1. The quantitative estimate of drug-likeness (QED) is 0.0680. The van der Waals surface area contributed by atoms with Gasteiger partial charge in [0.05, 0.1) is 6.10 Å². The Bertz CT molecular complexity index is 1220. The number of aliphatic imine (C=N–C) groups is 1. The van der Waals surface area contributed by atoms with Gasteiger partial charge in [-0.15, -0.1) is 0 Å². The van der Waals surface area contributed by atoms with Gasteiger partial charge in [-0.1, -0.05) is 32.0 Å². The van der Waals surface area contributed by atoms with Gasteiger partial charge < -0.3 is 48.3 Å². The van der Waals surface area contributed by atoms with E-state index in [1.807, 2.05) is 38.1 Å². The number of hydrogen-bond donors (Lipinski definition) is 9. The number of para-hydroxylation sites is 1. The van der Waals surface area contributed by atoms with Crippen molar-refractivity contribution in [1.29, 1.82) is 0 Å². The molecule has 12 N–H and O–H groups in total. The summed E-state index contributed by atoms with van der Waals surface area (Å²) >= 11 is 0. The number of nitrogens with two attached hydrogens (primary N) is 3. The van der Waals surface area contributed by atoms with Crippen molar-refractivity contribution in [2.45, 2.75) is 76.7 Å². The summed E-state index contributed by atoms with van der Waals surface area (Å²) in [5, 5.41) is 28.1. The van der Waals surface area contributed by atoms with Gasteiger partial charge in [0.2, 0.25) is 17.7 Å². The smallest absolute Gasteiger partial charge is 0.326 e. The van der Waals surface area contributed by atoms with Crippen LogP contribution in [0.1, 0.15) is 45.6 Å². The van der Waals surface area contributed by atoms with Crippen LogP contribution in [0.3, 0.4) is 0 Å². The molecule has 1 aromatic carbocycles. The van der Waals surface area contributed by atoms with Gasteiger partial charge in [-0.25, -0.2) is 4.79 Å². The lowest BCUT2D eigenvalue weighted by Crippen LogP contribution is -2.58. The van der Waals surface area contributed by atoms with Crippen LogP contribution in [0.15, 0.2) is 35.5 Å². The van der Waals surface area contributed by atoms with Crippen LogP contribution in [0.4, 0.5) is 0 Å². The zero-order valence-corrected chi connectivity index (χ0v) is 23.6.